The van der Waals surface area contributed by atoms with Gasteiger partial charge in [-0.1, -0.05) is 23.2 Å². The van der Waals surface area contributed by atoms with Gasteiger partial charge >= 0.3 is 0 Å². The van der Waals surface area contributed by atoms with Crippen LogP contribution < -0.4 is 0 Å². The molecule has 1 aliphatic rings. The first kappa shape index (κ1) is 12.6. The maximum absolute atomic E-state index is 13.8. The van der Waals surface area contributed by atoms with Gasteiger partial charge in [-0.2, -0.15) is 10.5 Å². The third kappa shape index (κ3) is 1.18. The molecule has 0 amide bonds. The number of Topliss-reactive ketones (excluding diaryl/α,β-unsaturated/α-hetero) is 2. The summed E-state index contributed by atoms with van der Waals surface area (Å²) < 4.78 is 26.9. The van der Waals surface area contributed by atoms with Crippen molar-refractivity contribution in [2.45, 2.75) is 10.5 Å². The number of alkyl halides is 2. The molecule has 0 spiro atoms. The summed E-state index contributed by atoms with van der Waals surface area (Å²) in [5.74, 6) is -5.51. The van der Waals surface area contributed by atoms with Gasteiger partial charge in [-0.15, -0.1) is 0 Å². The van der Waals surface area contributed by atoms with Gasteiger partial charge in [-0.05, 0) is 0 Å². The van der Waals surface area contributed by atoms with Crippen molar-refractivity contribution in [3.05, 3.63) is 10.9 Å². The highest BCUT2D eigenvalue weighted by Crippen LogP contribution is 2.43. The topological polar surface area (TPSA) is 81.7 Å². The second-order valence-electron chi connectivity index (χ2n) is 2.83. The average molecular weight is 265 g/mol. The Balaban J connectivity index is 3.69. The van der Waals surface area contributed by atoms with E-state index in [9.17, 15) is 18.4 Å². The first-order valence-electron chi connectivity index (χ1n) is 3.61. The van der Waals surface area contributed by atoms with Gasteiger partial charge in [0.1, 0.15) is 11.1 Å². The van der Waals surface area contributed by atoms with E-state index in [0.29, 0.717) is 0 Å². The highest BCUT2D eigenvalue weighted by molar-refractivity contribution is 6.53. The molecule has 0 bridgehead atoms. The van der Waals surface area contributed by atoms with E-state index in [4.69, 9.17) is 33.7 Å². The summed E-state index contributed by atoms with van der Waals surface area (Å²) in [6, 6.07) is 1.69. The first-order chi connectivity index (χ1) is 7.26. The molecule has 0 fully saturated rings. The molecule has 0 radical (unpaired) electrons. The zero-order valence-corrected chi connectivity index (χ0v) is 8.73. The number of hydrogen-bond donors (Lipinski definition) is 0. The summed E-state index contributed by atoms with van der Waals surface area (Å²) in [6.07, 6.45) is 0. The van der Waals surface area contributed by atoms with E-state index in [0.717, 1.165) is 12.1 Å². The predicted molar refractivity (Wildman–Crippen MR) is 47.7 cm³/mol. The molecular weight excluding hydrogens is 265 g/mol. The van der Waals surface area contributed by atoms with Crippen molar-refractivity contribution in [3.8, 4) is 12.1 Å². The van der Waals surface area contributed by atoms with E-state index >= 15 is 0 Å². The van der Waals surface area contributed by atoms with E-state index in [2.05, 4.69) is 0 Å². The Hall–Kier alpha value is -1.50. The molecule has 16 heavy (non-hydrogen) atoms. The van der Waals surface area contributed by atoms with Crippen molar-refractivity contribution in [2.75, 3.05) is 0 Å². The maximum atomic E-state index is 13.8. The molecule has 8 heteroatoms. The lowest BCUT2D eigenvalue weighted by atomic mass is 9.79. The Morgan fingerprint density at radius 2 is 1.69 bits per heavy atom. The third-order valence-corrected chi connectivity index (χ3v) is 2.85. The largest absolute Gasteiger partial charge is 0.298 e. The number of rotatable bonds is 0. The fourth-order valence-corrected chi connectivity index (χ4v) is 1.50. The molecule has 82 valence electrons. The Morgan fingerprint density at radius 1 is 1.19 bits per heavy atom. The average Bonchev–Trinajstić information content (AvgIpc) is 2.31. The molecule has 1 aliphatic carbocycles. The standard InChI is InChI=1S/C8Cl2F2N2O2/c9-3-4(11)6(16)7(10,1-13)8(12,2-14)5(3)15. The highest BCUT2D eigenvalue weighted by atomic mass is 35.5. The molecule has 0 aromatic heterocycles. The number of allylic oxidation sites excluding steroid dienone is 2. The number of carbonyl (C=O) groups excluding carboxylic acids is 2. The maximum Gasteiger partial charge on any atom is 0.298 e. The second kappa shape index (κ2) is 3.51. The zero-order valence-electron chi connectivity index (χ0n) is 7.22. The van der Waals surface area contributed by atoms with Crippen LogP contribution in [0.15, 0.2) is 10.9 Å². The number of halogens is 4. The van der Waals surface area contributed by atoms with Gasteiger partial charge in [0.05, 0.1) is 6.07 Å². The summed E-state index contributed by atoms with van der Waals surface area (Å²) in [6.45, 7) is 0. The minimum Gasteiger partial charge on any atom is -0.288 e. The number of ketones is 2. The molecule has 0 aromatic carbocycles. The van der Waals surface area contributed by atoms with Crippen LogP contribution in [-0.4, -0.2) is 22.1 Å². The van der Waals surface area contributed by atoms with Crippen molar-refractivity contribution in [3.63, 3.8) is 0 Å². The number of nitrogens with zero attached hydrogens (tertiary/aromatic N) is 2. The van der Waals surface area contributed by atoms with Crippen LogP contribution in [0.1, 0.15) is 0 Å². The molecule has 2 unspecified atom stereocenters. The van der Waals surface area contributed by atoms with Gasteiger partial charge in [-0.3, -0.25) is 9.59 Å². The number of hydrogen-bond acceptors (Lipinski definition) is 4. The summed E-state index contributed by atoms with van der Waals surface area (Å²) in [5, 5.41) is 15.6. The Labute approximate surface area is 97.6 Å². The highest BCUT2D eigenvalue weighted by Gasteiger charge is 2.68. The fraction of sp³-hybridized carbons (Fsp3) is 0.250. The van der Waals surface area contributed by atoms with Gasteiger partial charge in [-0.25, -0.2) is 8.78 Å². The van der Waals surface area contributed by atoms with E-state index in [1.54, 1.807) is 0 Å². The molecule has 0 saturated heterocycles. The summed E-state index contributed by atoms with van der Waals surface area (Å²) >= 11 is 10.2. The van der Waals surface area contributed by atoms with Gasteiger partial charge in [0.15, 0.2) is 5.83 Å². The Kier molecular flexibility index (Phi) is 2.76. The van der Waals surface area contributed by atoms with Crippen molar-refractivity contribution in [1.29, 1.82) is 10.5 Å². The summed E-state index contributed by atoms with van der Waals surface area (Å²) in [7, 11) is 0. The van der Waals surface area contributed by atoms with Crippen LogP contribution in [0.4, 0.5) is 8.78 Å². The normalized spacial score (nSPS) is 34.6. The molecule has 0 saturated carbocycles. The Bertz CT molecular complexity index is 473. The smallest absolute Gasteiger partial charge is 0.288 e. The van der Waals surface area contributed by atoms with E-state index < -0.39 is 33.0 Å². The molecule has 0 heterocycles. The molecule has 4 nitrogen and oxygen atoms in total. The van der Waals surface area contributed by atoms with Crippen LogP contribution in [0.3, 0.4) is 0 Å². The van der Waals surface area contributed by atoms with Crippen LogP contribution >= 0.6 is 23.2 Å². The molecule has 0 aliphatic heterocycles. The van der Waals surface area contributed by atoms with E-state index in [-0.39, 0.29) is 0 Å². The van der Waals surface area contributed by atoms with Gasteiger partial charge in [0, 0.05) is 0 Å². The molecular formula is C8Cl2F2N2O2. The van der Waals surface area contributed by atoms with Crippen LogP contribution in [0.25, 0.3) is 0 Å². The quantitative estimate of drug-likeness (QED) is 0.618. The minimum atomic E-state index is -3.70. The summed E-state index contributed by atoms with van der Waals surface area (Å²) in [4.78, 5) is 19.1. The van der Waals surface area contributed by atoms with E-state index in [1.165, 1.54) is 0 Å². The molecule has 0 aromatic rings. The summed E-state index contributed by atoms with van der Waals surface area (Å²) in [5.41, 5.74) is -3.70. The monoisotopic (exact) mass is 264 g/mol. The minimum absolute atomic E-state index is 0.776. The van der Waals surface area contributed by atoms with E-state index in [1.807, 2.05) is 0 Å². The zero-order chi connectivity index (χ0) is 12.7. The lowest BCUT2D eigenvalue weighted by Crippen LogP contribution is -2.59. The molecule has 0 N–H and O–H groups in total. The molecule has 2 atom stereocenters. The first-order valence-corrected chi connectivity index (χ1v) is 4.37. The van der Waals surface area contributed by atoms with Gasteiger partial charge in [0.2, 0.25) is 16.4 Å². The number of nitriles is 2. The third-order valence-electron chi connectivity index (χ3n) is 2.00. The van der Waals surface area contributed by atoms with Crippen molar-refractivity contribution in [2.24, 2.45) is 0 Å². The van der Waals surface area contributed by atoms with Crippen LogP contribution in [0.5, 0.6) is 0 Å². The Morgan fingerprint density at radius 3 is 2.06 bits per heavy atom. The lowest BCUT2D eigenvalue weighted by Gasteiger charge is -2.30. The van der Waals surface area contributed by atoms with Crippen molar-refractivity contribution in [1.82, 2.24) is 0 Å². The molecule has 1 rings (SSSR count). The predicted octanol–water partition coefficient (Wildman–Crippen LogP) is 1.29. The van der Waals surface area contributed by atoms with Crippen LogP contribution in [-0.2, 0) is 9.59 Å². The van der Waals surface area contributed by atoms with Gasteiger partial charge < -0.3 is 0 Å². The fourth-order valence-electron chi connectivity index (χ4n) is 1.07. The van der Waals surface area contributed by atoms with Gasteiger partial charge in [0.25, 0.3) is 5.67 Å². The number of carbonyl (C=O) groups is 2. The van der Waals surface area contributed by atoms with Crippen LogP contribution in [0, 0.1) is 22.7 Å². The van der Waals surface area contributed by atoms with Crippen LogP contribution in [0.2, 0.25) is 0 Å². The lowest BCUT2D eigenvalue weighted by molar-refractivity contribution is -0.132. The SMILES string of the molecule is N#CC1(F)C(=O)C(Cl)=C(F)C(=O)C1(Cl)C#N. The van der Waals surface area contributed by atoms with Crippen molar-refractivity contribution < 1.29 is 18.4 Å². The van der Waals surface area contributed by atoms with Crippen molar-refractivity contribution >= 4 is 34.8 Å². The second-order valence-corrected chi connectivity index (χ2v) is 3.77.